The number of esters is 1. The number of nitrogens with zero attached hydrogens (tertiary/aromatic N) is 3. The Morgan fingerprint density at radius 2 is 1.33 bits per heavy atom. The largest absolute Gasteiger partial charge is 0.673 e. The van der Waals surface area contributed by atoms with E-state index in [1.807, 2.05) is 127 Å². The van der Waals surface area contributed by atoms with Crippen molar-refractivity contribution in [2.24, 2.45) is 0 Å². The first-order valence-electron chi connectivity index (χ1n) is 13.3. The lowest BCUT2D eigenvalue weighted by Crippen LogP contribution is -2.38. The first kappa shape index (κ1) is 30.8. The second kappa shape index (κ2) is 13.7. The van der Waals surface area contributed by atoms with Crippen molar-refractivity contribution in [1.82, 2.24) is 9.78 Å². The number of anilines is 1. The average molecular weight is 588 g/mol. The summed E-state index contributed by atoms with van der Waals surface area (Å²) in [7, 11) is -4.61. The van der Waals surface area contributed by atoms with Gasteiger partial charge in [-0.3, -0.25) is 0 Å². The highest BCUT2D eigenvalue weighted by atomic mass is 19.5. The summed E-state index contributed by atoms with van der Waals surface area (Å²) < 4.78 is 48.1. The third-order valence-electron chi connectivity index (χ3n) is 6.28. The topological polar surface area (TPSA) is 60.0 Å². The van der Waals surface area contributed by atoms with E-state index in [-0.39, 0.29) is 0 Å². The van der Waals surface area contributed by atoms with Gasteiger partial charge in [0.2, 0.25) is 0 Å². The van der Waals surface area contributed by atoms with Crippen LogP contribution >= 0.6 is 0 Å². The zero-order valence-corrected chi connectivity index (χ0v) is 23.7. The minimum atomic E-state index is -6.00. The summed E-state index contributed by atoms with van der Waals surface area (Å²) in [5.74, 6) is 0.988. The standard InChI is InChI=1S/C32H28N4O2.BF4/c1-23-19-21-26(22-20-23)33-29(24(2)32(37)38-3)31-35(27-15-9-5-10-16-27)30(25-13-7-4-8-14-25)34-36(31)28-17-11-6-12-18-28;2-1(3,4)5/h4-22H,1-3H3;/q;-1/p+1. The zero-order chi connectivity index (χ0) is 31.0. The number of carbonyl (C=O) groups is 1. The van der Waals surface area contributed by atoms with Gasteiger partial charge in [0.25, 0.3) is 5.82 Å². The van der Waals surface area contributed by atoms with Crippen molar-refractivity contribution in [3.05, 3.63) is 132 Å². The number of hydrogen-bond donors (Lipinski definition) is 1. The maximum atomic E-state index is 13.0. The number of hydrogen-bond acceptors (Lipinski definition) is 4. The summed E-state index contributed by atoms with van der Waals surface area (Å²) in [6, 6.07) is 38.0. The summed E-state index contributed by atoms with van der Waals surface area (Å²) in [4.78, 5) is 13.0. The van der Waals surface area contributed by atoms with E-state index < -0.39 is 13.2 Å². The summed E-state index contributed by atoms with van der Waals surface area (Å²) >= 11 is 0. The molecule has 0 aliphatic heterocycles. The number of nitrogens with one attached hydrogen (secondary N) is 1. The van der Waals surface area contributed by atoms with Gasteiger partial charge in [-0.25, -0.2) is 4.79 Å². The number of carbonyl (C=O) groups excluding carboxylic acids is 1. The molecule has 220 valence electrons. The van der Waals surface area contributed by atoms with Crippen LogP contribution in [0.3, 0.4) is 0 Å². The lowest BCUT2D eigenvalue weighted by atomic mass is 10.1. The van der Waals surface area contributed by atoms with Crippen LogP contribution in [-0.4, -0.2) is 30.1 Å². The minimum Gasteiger partial charge on any atom is -0.466 e. The summed E-state index contributed by atoms with van der Waals surface area (Å²) in [5.41, 5.74) is 5.70. The molecule has 0 unspecified atom stereocenters. The van der Waals surface area contributed by atoms with Crippen LogP contribution in [0.4, 0.5) is 23.0 Å². The van der Waals surface area contributed by atoms with E-state index in [9.17, 15) is 22.1 Å². The maximum absolute atomic E-state index is 13.0. The molecule has 0 atom stereocenters. The van der Waals surface area contributed by atoms with Gasteiger partial charge in [-0.2, -0.15) is 4.57 Å². The van der Waals surface area contributed by atoms with Gasteiger partial charge in [-0.15, -0.1) is 0 Å². The van der Waals surface area contributed by atoms with Crippen molar-refractivity contribution in [2.45, 2.75) is 13.8 Å². The summed E-state index contributed by atoms with van der Waals surface area (Å²) in [5, 5.41) is 8.64. The van der Waals surface area contributed by atoms with Gasteiger partial charge >= 0.3 is 19.0 Å². The molecule has 5 aromatic rings. The molecule has 43 heavy (non-hydrogen) atoms. The van der Waals surface area contributed by atoms with E-state index in [1.54, 1.807) is 6.92 Å². The molecule has 0 bridgehead atoms. The van der Waals surface area contributed by atoms with Crippen molar-refractivity contribution in [2.75, 3.05) is 12.4 Å². The molecule has 0 aliphatic rings. The molecule has 0 amide bonds. The lowest BCUT2D eigenvalue weighted by Gasteiger charge is -2.14. The van der Waals surface area contributed by atoms with Crippen molar-refractivity contribution < 1.29 is 31.4 Å². The highest BCUT2D eigenvalue weighted by Gasteiger charge is 2.34. The van der Waals surface area contributed by atoms with Crippen LogP contribution in [0, 0.1) is 6.92 Å². The SMILES string of the molecule is COC(=O)/C(C)=C(/Nc1ccc(C)cc1)c1n(-c2ccccc2)nc(-c2ccccc2)[n+]1-c1ccccc1.F[B-](F)(F)F. The molecule has 4 aromatic carbocycles. The molecule has 0 fully saturated rings. The van der Waals surface area contributed by atoms with Crippen molar-refractivity contribution in [3.8, 4) is 22.8 Å². The van der Waals surface area contributed by atoms with Crippen LogP contribution in [0.2, 0.25) is 0 Å². The third kappa shape index (κ3) is 7.97. The number of ether oxygens (including phenoxy) is 1. The highest BCUT2D eigenvalue weighted by Crippen LogP contribution is 2.27. The Morgan fingerprint density at radius 3 is 1.86 bits per heavy atom. The van der Waals surface area contributed by atoms with Crippen molar-refractivity contribution in [3.63, 3.8) is 0 Å². The van der Waals surface area contributed by atoms with Gasteiger partial charge in [0, 0.05) is 5.69 Å². The number of methoxy groups -OCH3 is 1. The number of aromatic nitrogens is 3. The fourth-order valence-corrected chi connectivity index (χ4v) is 4.30. The molecule has 1 heterocycles. The van der Waals surface area contributed by atoms with Gasteiger partial charge in [-0.1, -0.05) is 77.0 Å². The molecule has 11 heteroatoms. The number of benzene rings is 4. The Kier molecular flexibility index (Phi) is 9.77. The Labute approximate surface area is 247 Å². The van der Waals surface area contributed by atoms with E-state index in [1.165, 1.54) is 7.11 Å². The fraction of sp³-hybridized carbons (Fsp3) is 0.0938. The number of aryl methyl sites for hydroxylation is 1. The van der Waals surface area contributed by atoms with E-state index in [0.29, 0.717) is 17.1 Å². The maximum Gasteiger partial charge on any atom is 0.673 e. The quantitative estimate of drug-likeness (QED) is 0.0706. The van der Waals surface area contributed by atoms with Gasteiger partial charge in [-0.05, 0) is 62.4 Å². The molecular weight excluding hydrogens is 559 g/mol. The minimum absolute atomic E-state index is 0.425. The summed E-state index contributed by atoms with van der Waals surface area (Å²) in [6.07, 6.45) is 0. The van der Waals surface area contributed by atoms with Crippen LogP contribution in [-0.2, 0) is 9.53 Å². The molecule has 1 N–H and O–H groups in total. The monoisotopic (exact) mass is 588 g/mol. The molecule has 5 rings (SSSR count). The molecule has 0 radical (unpaired) electrons. The van der Waals surface area contributed by atoms with Crippen LogP contribution in [0.25, 0.3) is 28.5 Å². The highest BCUT2D eigenvalue weighted by molar-refractivity contribution is 6.50. The summed E-state index contributed by atoms with van der Waals surface area (Å²) in [6.45, 7) is 3.81. The normalized spacial score (nSPS) is 11.6. The lowest BCUT2D eigenvalue weighted by molar-refractivity contribution is -0.587. The second-order valence-electron chi connectivity index (χ2n) is 9.41. The Bertz CT molecular complexity index is 1690. The van der Waals surface area contributed by atoms with Gasteiger partial charge in [0.05, 0.1) is 23.3 Å². The van der Waals surface area contributed by atoms with Crippen LogP contribution in [0.1, 0.15) is 18.3 Å². The first-order chi connectivity index (χ1) is 20.6. The number of halogens is 4. The smallest absolute Gasteiger partial charge is 0.466 e. The molecule has 0 aliphatic carbocycles. The van der Waals surface area contributed by atoms with Crippen LogP contribution in [0.5, 0.6) is 0 Å². The second-order valence-corrected chi connectivity index (χ2v) is 9.41. The third-order valence-corrected chi connectivity index (χ3v) is 6.28. The van der Waals surface area contributed by atoms with Crippen molar-refractivity contribution in [1.29, 1.82) is 0 Å². The molecular formula is C32H29BF4N4O2. The van der Waals surface area contributed by atoms with Crippen molar-refractivity contribution >= 4 is 24.6 Å². The number of rotatable bonds is 7. The predicted octanol–water partition coefficient (Wildman–Crippen LogP) is 7.44. The molecule has 0 saturated heterocycles. The van der Waals surface area contributed by atoms with E-state index in [0.717, 1.165) is 34.0 Å². The molecule has 0 spiro atoms. The van der Waals surface area contributed by atoms with E-state index in [4.69, 9.17) is 9.84 Å². The Morgan fingerprint density at radius 1 is 0.814 bits per heavy atom. The number of para-hydroxylation sites is 2. The molecule has 1 aromatic heterocycles. The predicted molar refractivity (Wildman–Crippen MR) is 160 cm³/mol. The fourth-order valence-electron chi connectivity index (χ4n) is 4.30. The van der Waals surface area contributed by atoms with Gasteiger partial charge < -0.3 is 27.3 Å². The Balaban J connectivity index is 0.000000782. The van der Waals surface area contributed by atoms with Gasteiger partial charge in [0.1, 0.15) is 17.1 Å². The van der Waals surface area contributed by atoms with Gasteiger partial charge in [0.15, 0.2) is 0 Å². The molecule has 6 nitrogen and oxygen atoms in total. The average Bonchev–Trinajstić information content (AvgIpc) is 3.41. The Hall–Kier alpha value is -5.19. The zero-order valence-electron chi connectivity index (χ0n) is 23.7. The first-order valence-corrected chi connectivity index (χ1v) is 13.3. The van der Waals surface area contributed by atoms with Crippen LogP contribution < -0.4 is 9.88 Å². The van der Waals surface area contributed by atoms with E-state index >= 15 is 0 Å². The van der Waals surface area contributed by atoms with E-state index in [2.05, 4.69) is 9.88 Å². The molecule has 0 saturated carbocycles. The van der Waals surface area contributed by atoms with Crippen LogP contribution in [0.15, 0.2) is 121 Å².